The van der Waals surface area contributed by atoms with Crippen LogP contribution in [0.5, 0.6) is 0 Å². The van der Waals surface area contributed by atoms with Gasteiger partial charge in [0.25, 0.3) is 11.8 Å². The second-order valence-electron chi connectivity index (χ2n) is 6.35. The Morgan fingerprint density at radius 3 is 2.07 bits per heavy atom. The van der Waals surface area contributed by atoms with Gasteiger partial charge in [-0.2, -0.15) is 0 Å². The molecule has 2 N–H and O–H groups in total. The molecule has 0 saturated carbocycles. The zero-order valence-corrected chi connectivity index (χ0v) is 16.2. The Morgan fingerprint density at radius 2 is 1.43 bits per heavy atom. The molecule has 3 rings (SSSR count). The summed E-state index contributed by atoms with van der Waals surface area (Å²) in [6.45, 7) is 2.68. The van der Waals surface area contributed by atoms with Crippen molar-refractivity contribution in [2.24, 2.45) is 0 Å². The predicted octanol–water partition coefficient (Wildman–Crippen LogP) is 3.90. The van der Waals surface area contributed by atoms with Gasteiger partial charge in [-0.05, 0) is 36.2 Å². The number of pyridine rings is 1. The third kappa shape index (κ3) is 5.18. The summed E-state index contributed by atoms with van der Waals surface area (Å²) in [5.41, 5.74) is 3.33. The maximum atomic E-state index is 12.4. The molecule has 1 heterocycles. The SMILES string of the molecule is Cc1ccc(CNC(=O)c2cccc(C(=O)NCc3ccccc3Cl)n2)cc1. The van der Waals surface area contributed by atoms with Crippen LogP contribution in [0.3, 0.4) is 0 Å². The molecule has 0 spiro atoms. The molecule has 2 aromatic carbocycles. The summed E-state index contributed by atoms with van der Waals surface area (Å²) in [6.07, 6.45) is 0. The largest absolute Gasteiger partial charge is 0.347 e. The van der Waals surface area contributed by atoms with Crippen LogP contribution >= 0.6 is 11.6 Å². The van der Waals surface area contributed by atoms with Crippen molar-refractivity contribution < 1.29 is 9.59 Å². The Kier molecular flexibility index (Phi) is 6.40. The average molecular weight is 394 g/mol. The van der Waals surface area contributed by atoms with E-state index < -0.39 is 0 Å². The number of halogens is 1. The maximum Gasteiger partial charge on any atom is 0.270 e. The Morgan fingerprint density at radius 1 is 0.821 bits per heavy atom. The smallest absolute Gasteiger partial charge is 0.270 e. The molecule has 28 heavy (non-hydrogen) atoms. The van der Waals surface area contributed by atoms with E-state index in [9.17, 15) is 9.59 Å². The Hall–Kier alpha value is -3.18. The molecule has 0 unspecified atom stereocenters. The fraction of sp³-hybridized carbons (Fsp3) is 0.136. The molecule has 2 amide bonds. The molecule has 0 aliphatic carbocycles. The van der Waals surface area contributed by atoms with Crippen LogP contribution < -0.4 is 10.6 Å². The second kappa shape index (κ2) is 9.15. The number of nitrogens with one attached hydrogen (secondary N) is 2. The second-order valence-corrected chi connectivity index (χ2v) is 6.76. The molecule has 0 radical (unpaired) electrons. The molecule has 0 atom stereocenters. The molecular formula is C22H20ClN3O2. The van der Waals surface area contributed by atoms with Gasteiger partial charge in [-0.25, -0.2) is 4.98 Å². The molecule has 1 aromatic heterocycles. The highest BCUT2D eigenvalue weighted by Gasteiger charge is 2.12. The minimum atomic E-state index is -0.367. The van der Waals surface area contributed by atoms with Gasteiger partial charge in [-0.1, -0.05) is 65.7 Å². The summed E-state index contributed by atoms with van der Waals surface area (Å²) in [5.74, 6) is -0.700. The molecule has 0 bridgehead atoms. The highest BCUT2D eigenvalue weighted by molar-refractivity contribution is 6.31. The predicted molar refractivity (Wildman–Crippen MR) is 109 cm³/mol. The average Bonchev–Trinajstić information content (AvgIpc) is 2.72. The number of benzene rings is 2. The summed E-state index contributed by atoms with van der Waals surface area (Å²) in [4.78, 5) is 28.9. The van der Waals surface area contributed by atoms with Crippen LogP contribution in [0.1, 0.15) is 37.7 Å². The number of carbonyl (C=O) groups is 2. The third-order valence-corrected chi connectivity index (χ3v) is 4.55. The lowest BCUT2D eigenvalue weighted by molar-refractivity contribution is 0.0941. The van der Waals surface area contributed by atoms with E-state index in [0.29, 0.717) is 11.6 Å². The lowest BCUT2D eigenvalue weighted by atomic mass is 10.1. The van der Waals surface area contributed by atoms with Gasteiger partial charge < -0.3 is 10.6 Å². The van der Waals surface area contributed by atoms with Crippen LogP contribution in [-0.2, 0) is 13.1 Å². The topological polar surface area (TPSA) is 71.1 Å². The third-order valence-electron chi connectivity index (χ3n) is 4.19. The van der Waals surface area contributed by atoms with Crippen LogP contribution in [0, 0.1) is 6.92 Å². The van der Waals surface area contributed by atoms with Crippen LogP contribution in [0.2, 0.25) is 5.02 Å². The van der Waals surface area contributed by atoms with Crippen LogP contribution in [0.25, 0.3) is 0 Å². The van der Waals surface area contributed by atoms with Gasteiger partial charge in [0.05, 0.1) is 0 Å². The highest BCUT2D eigenvalue weighted by atomic mass is 35.5. The summed E-state index contributed by atoms with van der Waals surface area (Å²) < 4.78 is 0. The van der Waals surface area contributed by atoms with Gasteiger partial charge in [-0.15, -0.1) is 0 Å². The quantitative estimate of drug-likeness (QED) is 0.667. The van der Waals surface area contributed by atoms with Crippen molar-refractivity contribution in [3.8, 4) is 0 Å². The Bertz CT molecular complexity index is 987. The lowest BCUT2D eigenvalue weighted by Gasteiger charge is -2.08. The summed E-state index contributed by atoms with van der Waals surface area (Å²) in [7, 11) is 0. The summed E-state index contributed by atoms with van der Waals surface area (Å²) in [6, 6.07) is 20.0. The molecule has 0 saturated heterocycles. The van der Waals surface area contributed by atoms with Crippen molar-refractivity contribution in [2.75, 3.05) is 0 Å². The Labute approximate surface area is 168 Å². The first-order chi connectivity index (χ1) is 13.5. The van der Waals surface area contributed by atoms with E-state index in [1.807, 2.05) is 49.4 Å². The van der Waals surface area contributed by atoms with E-state index in [0.717, 1.165) is 16.7 Å². The van der Waals surface area contributed by atoms with Gasteiger partial charge in [0.2, 0.25) is 0 Å². The first kappa shape index (κ1) is 19.6. The standard InChI is InChI=1S/C22H20ClN3O2/c1-15-9-11-16(12-10-15)13-24-21(27)19-7-4-8-20(26-19)22(28)25-14-17-5-2-3-6-18(17)23/h2-12H,13-14H2,1H3,(H,24,27)(H,25,28). The Balaban J connectivity index is 1.60. The monoisotopic (exact) mass is 393 g/mol. The number of aromatic nitrogens is 1. The molecule has 5 nitrogen and oxygen atoms in total. The van der Waals surface area contributed by atoms with Crippen molar-refractivity contribution in [3.63, 3.8) is 0 Å². The first-order valence-corrected chi connectivity index (χ1v) is 9.23. The van der Waals surface area contributed by atoms with Crippen molar-refractivity contribution >= 4 is 23.4 Å². The first-order valence-electron chi connectivity index (χ1n) is 8.85. The van der Waals surface area contributed by atoms with Gasteiger partial charge in [0.15, 0.2) is 0 Å². The fourth-order valence-corrected chi connectivity index (χ4v) is 2.78. The highest BCUT2D eigenvalue weighted by Crippen LogP contribution is 2.14. The summed E-state index contributed by atoms with van der Waals surface area (Å²) >= 11 is 6.09. The van der Waals surface area contributed by atoms with E-state index >= 15 is 0 Å². The van der Waals surface area contributed by atoms with Gasteiger partial charge >= 0.3 is 0 Å². The zero-order valence-electron chi connectivity index (χ0n) is 15.4. The van der Waals surface area contributed by atoms with Gasteiger partial charge in [-0.3, -0.25) is 9.59 Å². The fourth-order valence-electron chi connectivity index (χ4n) is 2.57. The van der Waals surface area contributed by atoms with E-state index in [-0.39, 0.29) is 29.7 Å². The molecule has 6 heteroatoms. The lowest BCUT2D eigenvalue weighted by Crippen LogP contribution is -2.27. The minimum Gasteiger partial charge on any atom is -0.347 e. The molecule has 3 aromatic rings. The summed E-state index contributed by atoms with van der Waals surface area (Å²) in [5, 5.41) is 6.17. The number of hydrogen-bond acceptors (Lipinski definition) is 3. The molecule has 0 aliphatic rings. The van der Waals surface area contributed by atoms with Crippen molar-refractivity contribution in [2.45, 2.75) is 20.0 Å². The van der Waals surface area contributed by atoms with Crippen LogP contribution in [0.15, 0.2) is 66.7 Å². The van der Waals surface area contributed by atoms with Gasteiger partial charge in [0.1, 0.15) is 11.4 Å². The maximum absolute atomic E-state index is 12.4. The number of carbonyl (C=O) groups excluding carboxylic acids is 2. The van der Waals surface area contributed by atoms with Crippen LogP contribution in [0.4, 0.5) is 0 Å². The van der Waals surface area contributed by atoms with E-state index in [1.165, 1.54) is 0 Å². The number of amides is 2. The number of hydrogen-bond donors (Lipinski definition) is 2. The van der Waals surface area contributed by atoms with Crippen molar-refractivity contribution in [1.82, 2.24) is 15.6 Å². The molecular weight excluding hydrogens is 374 g/mol. The number of aryl methyl sites for hydroxylation is 1. The minimum absolute atomic E-state index is 0.176. The molecule has 142 valence electrons. The van der Waals surface area contributed by atoms with E-state index in [4.69, 9.17) is 11.6 Å². The zero-order chi connectivity index (χ0) is 19.9. The van der Waals surface area contributed by atoms with Gasteiger partial charge in [0, 0.05) is 18.1 Å². The number of nitrogens with zero attached hydrogens (tertiary/aromatic N) is 1. The normalized spacial score (nSPS) is 10.4. The van der Waals surface area contributed by atoms with Crippen LogP contribution in [-0.4, -0.2) is 16.8 Å². The number of rotatable bonds is 6. The van der Waals surface area contributed by atoms with E-state index in [1.54, 1.807) is 24.3 Å². The van der Waals surface area contributed by atoms with Crippen molar-refractivity contribution in [3.05, 3.63) is 99.8 Å². The van der Waals surface area contributed by atoms with Crippen molar-refractivity contribution in [1.29, 1.82) is 0 Å². The van der Waals surface area contributed by atoms with E-state index in [2.05, 4.69) is 15.6 Å². The molecule has 0 aliphatic heterocycles. The molecule has 0 fully saturated rings.